The topological polar surface area (TPSA) is 80.8 Å². The van der Waals surface area contributed by atoms with E-state index in [1.54, 1.807) is 6.08 Å². The molecule has 0 spiro atoms. The first kappa shape index (κ1) is 19.2. The first-order valence-corrected chi connectivity index (χ1v) is 9.67. The van der Waals surface area contributed by atoms with Gasteiger partial charge in [-0.25, -0.2) is 12.7 Å². The molecule has 0 saturated carbocycles. The van der Waals surface area contributed by atoms with E-state index in [0.29, 0.717) is 18.6 Å². The van der Waals surface area contributed by atoms with Crippen molar-refractivity contribution in [2.45, 2.75) is 38.0 Å². The normalized spacial score (nSPS) is 20.6. The molecule has 0 bridgehead atoms. The molecule has 1 aliphatic heterocycles. The molecule has 0 saturated heterocycles. The second-order valence-electron chi connectivity index (χ2n) is 6.11. The first-order valence-electron chi connectivity index (χ1n) is 8.23. The van der Waals surface area contributed by atoms with Crippen molar-refractivity contribution in [1.82, 2.24) is 4.31 Å². The second kappa shape index (κ2) is 7.82. The fraction of sp³-hybridized carbons (Fsp3) is 0.444. The molecule has 0 unspecified atom stereocenters. The van der Waals surface area contributed by atoms with E-state index in [1.165, 1.54) is 37.6 Å². The molecule has 2 atom stereocenters. The van der Waals surface area contributed by atoms with Gasteiger partial charge in [-0.3, -0.25) is 9.59 Å². The number of nitrogens with zero attached hydrogens (tertiary/aromatic N) is 1. The predicted octanol–water partition coefficient (Wildman–Crippen LogP) is 2.75. The molecule has 1 aromatic carbocycles. The molecule has 0 radical (unpaired) electrons. The summed E-state index contributed by atoms with van der Waals surface area (Å²) in [5.74, 6) is -0.899. The fourth-order valence-electron chi connectivity index (χ4n) is 2.77. The lowest BCUT2D eigenvalue weighted by Crippen LogP contribution is -2.42. The summed E-state index contributed by atoms with van der Waals surface area (Å²) < 4.78 is 31.3. The maximum absolute atomic E-state index is 12.8. The zero-order valence-corrected chi connectivity index (χ0v) is 15.5. The summed E-state index contributed by atoms with van der Waals surface area (Å²) in [6.45, 7) is 3.71. The Morgan fingerprint density at radius 2 is 1.88 bits per heavy atom. The summed E-state index contributed by atoms with van der Waals surface area (Å²) in [6, 6.07) is 5.83. The Morgan fingerprint density at radius 3 is 2.44 bits per heavy atom. The smallest absolute Gasteiger partial charge is 0.270 e. The minimum absolute atomic E-state index is 0.000474. The fourth-order valence-corrected chi connectivity index (χ4v) is 4.08. The Bertz CT molecular complexity index is 767. The van der Waals surface area contributed by atoms with Crippen molar-refractivity contribution in [2.75, 3.05) is 7.11 Å². The molecule has 25 heavy (non-hydrogen) atoms. The van der Waals surface area contributed by atoms with Gasteiger partial charge in [0.15, 0.2) is 0 Å². The van der Waals surface area contributed by atoms with Gasteiger partial charge >= 0.3 is 0 Å². The summed E-state index contributed by atoms with van der Waals surface area (Å²) in [5.41, 5.74) is 0. The van der Waals surface area contributed by atoms with Crippen molar-refractivity contribution >= 4 is 21.7 Å². The molecule has 1 amide bonds. The molecule has 1 aliphatic rings. The van der Waals surface area contributed by atoms with Crippen LogP contribution in [0, 0.1) is 11.8 Å². The van der Waals surface area contributed by atoms with Crippen LogP contribution < -0.4 is 4.74 Å². The number of hydrogen-bond donors (Lipinski definition) is 0. The molecule has 0 fully saturated rings. The molecule has 6 nitrogen and oxygen atoms in total. The average molecular weight is 365 g/mol. The number of amides is 1. The maximum Gasteiger partial charge on any atom is 0.270 e. The highest BCUT2D eigenvalue weighted by molar-refractivity contribution is 7.89. The minimum Gasteiger partial charge on any atom is -0.497 e. The van der Waals surface area contributed by atoms with E-state index in [-0.39, 0.29) is 23.0 Å². The minimum atomic E-state index is -4.01. The molecule has 7 heteroatoms. The molecule has 0 aromatic heterocycles. The lowest BCUT2D eigenvalue weighted by Gasteiger charge is -2.30. The summed E-state index contributed by atoms with van der Waals surface area (Å²) >= 11 is 0. The van der Waals surface area contributed by atoms with Crippen LogP contribution in [-0.4, -0.2) is 31.5 Å². The van der Waals surface area contributed by atoms with E-state index in [1.807, 2.05) is 13.8 Å². The van der Waals surface area contributed by atoms with Crippen molar-refractivity contribution < 1.29 is 22.7 Å². The van der Waals surface area contributed by atoms with Gasteiger partial charge in [0.25, 0.3) is 10.0 Å². The van der Waals surface area contributed by atoms with Gasteiger partial charge in [0.1, 0.15) is 11.5 Å². The van der Waals surface area contributed by atoms with Gasteiger partial charge in [-0.15, -0.1) is 0 Å². The highest BCUT2D eigenvalue weighted by atomic mass is 32.2. The molecule has 1 aromatic rings. The number of benzene rings is 1. The summed E-state index contributed by atoms with van der Waals surface area (Å²) in [7, 11) is -2.52. The largest absolute Gasteiger partial charge is 0.497 e. The Labute approximate surface area is 148 Å². The summed E-state index contributed by atoms with van der Waals surface area (Å²) in [4.78, 5) is 24.7. The van der Waals surface area contributed by atoms with Crippen LogP contribution in [0.15, 0.2) is 41.4 Å². The lowest BCUT2D eigenvalue weighted by atomic mass is 9.86. The number of hydrogen-bond acceptors (Lipinski definition) is 5. The third-order valence-corrected chi connectivity index (χ3v) is 5.97. The van der Waals surface area contributed by atoms with Crippen molar-refractivity contribution in [3.05, 3.63) is 36.5 Å². The van der Waals surface area contributed by atoms with E-state index in [4.69, 9.17) is 4.74 Å². The SMILES string of the molecule is CCCC(=O)C[C@@H]1C(=O)N(S(=O)(=O)c2ccc(OC)cc2)C=C[C@@H]1C. The molecule has 0 aliphatic carbocycles. The zero-order valence-electron chi connectivity index (χ0n) is 14.6. The molecule has 0 N–H and O–H groups in total. The van der Waals surface area contributed by atoms with E-state index >= 15 is 0 Å². The lowest BCUT2D eigenvalue weighted by molar-refractivity contribution is -0.134. The summed E-state index contributed by atoms with van der Waals surface area (Å²) in [6.07, 6.45) is 4.11. The van der Waals surface area contributed by atoms with Crippen LogP contribution in [0.1, 0.15) is 33.1 Å². The number of ketones is 1. The number of ether oxygens (including phenoxy) is 1. The number of methoxy groups -OCH3 is 1. The van der Waals surface area contributed by atoms with E-state index < -0.39 is 21.8 Å². The Morgan fingerprint density at radius 1 is 1.24 bits per heavy atom. The van der Waals surface area contributed by atoms with E-state index in [0.717, 1.165) is 4.31 Å². The van der Waals surface area contributed by atoms with Gasteiger partial charge in [0, 0.05) is 19.0 Å². The van der Waals surface area contributed by atoms with Gasteiger partial charge in [0.2, 0.25) is 5.91 Å². The van der Waals surface area contributed by atoms with Gasteiger partial charge in [-0.1, -0.05) is 19.9 Å². The third kappa shape index (κ3) is 4.10. The van der Waals surface area contributed by atoms with E-state index in [2.05, 4.69) is 0 Å². The predicted molar refractivity (Wildman–Crippen MR) is 93.4 cm³/mol. The molecular formula is C18H23NO5S. The number of Topliss-reactive ketones (excluding diaryl/α,β-unsaturated/α-hetero) is 1. The number of rotatable bonds is 7. The van der Waals surface area contributed by atoms with Crippen molar-refractivity contribution in [3.63, 3.8) is 0 Å². The molecule has 2 rings (SSSR count). The molecule has 136 valence electrons. The zero-order chi connectivity index (χ0) is 18.6. The van der Waals surface area contributed by atoms with Gasteiger partial charge in [-0.05, 0) is 36.6 Å². The first-order chi connectivity index (χ1) is 11.8. The van der Waals surface area contributed by atoms with Crippen LogP contribution in [0.3, 0.4) is 0 Å². The number of carbonyl (C=O) groups excluding carboxylic acids is 2. The number of allylic oxidation sites excluding steroid dienone is 1. The van der Waals surface area contributed by atoms with Gasteiger partial charge in [-0.2, -0.15) is 0 Å². The van der Waals surface area contributed by atoms with Crippen LogP contribution in [0.25, 0.3) is 0 Å². The van der Waals surface area contributed by atoms with Crippen LogP contribution >= 0.6 is 0 Å². The van der Waals surface area contributed by atoms with Crippen molar-refractivity contribution in [3.8, 4) is 5.75 Å². The van der Waals surface area contributed by atoms with Crippen molar-refractivity contribution in [2.24, 2.45) is 11.8 Å². The summed E-state index contributed by atoms with van der Waals surface area (Å²) in [5, 5.41) is 0. The molecule has 1 heterocycles. The van der Waals surface area contributed by atoms with Gasteiger partial charge < -0.3 is 4.74 Å². The second-order valence-corrected chi connectivity index (χ2v) is 7.93. The third-order valence-electron chi connectivity index (χ3n) is 4.29. The quantitative estimate of drug-likeness (QED) is 0.742. The molecular weight excluding hydrogens is 342 g/mol. The van der Waals surface area contributed by atoms with Crippen LogP contribution in [-0.2, 0) is 19.6 Å². The van der Waals surface area contributed by atoms with Crippen LogP contribution in [0.5, 0.6) is 5.75 Å². The van der Waals surface area contributed by atoms with E-state index in [9.17, 15) is 18.0 Å². The highest BCUT2D eigenvalue weighted by Gasteiger charge is 2.38. The Balaban J connectivity index is 2.29. The van der Waals surface area contributed by atoms with Crippen LogP contribution in [0.4, 0.5) is 0 Å². The number of carbonyl (C=O) groups is 2. The standard InChI is InChI=1S/C18H23NO5S/c1-4-5-14(20)12-17-13(2)10-11-19(18(17)21)25(22,23)16-8-6-15(24-3)7-9-16/h6-11,13,17H,4-5,12H2,1-3H3/t13-,17-/m0/s1. The highest BCUT2D eigenvalue weighted by Crippen LogP contribution is 2.30. The Hall–Kier alpha value is -2.15. The average Bonchev–Trinajstić information content (AvgIpc) is 2.58. The Kier molecular flexibility index (Phi) is 6.00. The van der Waals surface area contributed by atoms with Gasteiger partial charge in [0.05, 0.1) is 17.9 Å². The van der Waals surface area contributed by atoms with Crippen LogP contribution in [0.2, 0.25) is 0 Å². The van der Waals surface area contributed by atoms with Crippen molar-refractivity contribution in [1.29, 1.82) is 0 Å². The number of sulfonamides is 1. The maximum atomic E-state index is 12.8. The monoisotopic (exact) mass is 365 g/mol.